The molecule has 20 heavy (non-hydrogen) atoms. The summed E-state index contributed by atoms with van der Waals surface area (Å²) in [6, 6.07) is 4.11. The van der Waals surface area contributed by atoms with Crippen molar-refractivity contribution in [1.82, 2.24) is 5.32 Å². The van der Waals surface area contributed by atoms with Gasteiger partial charge in [0.25, 0.3) is 0 Å². The van der Waals surface area contributed by atoms with Crippen LogP contribution in [0.25, 0.3) is 0 Å². The number of hydrogen-bond acceptors (Lipinski definition) is 4. The maximum atomic E-state index is 6.11. The lowest BCUT2D eigenvalue weighted by Crippen LogP contribution is -2.39. The Bertz CT molecular complexity index is 471. The number of ether oxygens (including phenoxy) is 3. The minimum Gasteiger partial charge on any atom is -0.496 e. The molecule has 0 saturated heterocycles. The quantitative estimate of drug-likeness (QED) is 0.897. The number of rotatable bonds is 5. The monoisotopic (exact) mass is 279 g/mol. The Labute approximate surface area is 121 Å². The summed E-state index contributed by atoms with van der Waals surface area (Å²) in [7, 11) is 3.34. The molecule has 1 aromatic carbocycles. The summed E-state index contributed by atoms with van der Waals surface area (Å²) in [6.45, 7) is 7.38. The molecule has 1 aliphatic rings. The fourth-order valence-electron chi connectivity index (χ4n) is 2.72. The van der Waals surface area contributed by atoms with E-state index >= 15 is 0 Å². The third kappa shape index (κ3) is 3.01. The number of nitrogens with one attached hydrogen (secondary N) is 1. The summed E-state index contributed by atoms with van der Waals surface area (Å²) in [5.74, 6) is 2.43. The number of hydrogen-bond donors (Lipinski definition) is 1. The van der Waals surface area contributed by atoms with E-state index in [1.54, 1.807) is 14.2 Å². The Morgan fingerprint density at radius 2 is 2.05 bits per heavy atom. The Hall–Kier alpha value is -1.42. The molecule has 0 radical (unpaired) electrons. The van der Waals surface area contributed by atoms with Gasteiger partial charge < -0.3 is 19.5 Å². The third-order valence-corrected chi connectivity index (χ3v) is 3.60. The van der Waals surface area contributed by atoms with Gasteiger partial charge in [0, 0.05) is 24.6 Å². The van der Waals surface area contributed by atoms with E-state index in [2.05, 4.69) is 26.1 Å². The fourth-order valence-corrected chi connectivity index (χ4v) is 2.72. The molecule has 0 saturated carbocycles. The average Bonchev–Trinajstić information content (AvgIpc) is 2.41. The van der Waals surface area contributed by atoms with Crippen LogP contribution in [0.15, 0.2) is 12.1 Å². The fraction of sp³-hybridized carbons (Fsp3) is 0.625. The molecule has 4 nitrogen and oxygen atoms in total. The lowest BCUT2D eigenvalue weighted by atomic mass is 9.89. The smallest absolute Gasteiger partial charge is 0.132 e. The molecule has 0 aromatic heterocycles. The van der Waals surface area contributed by atoms with Gasteiger partial charge in [0.15, 0.2) is 0 Å². The second-order valence-corrected chi connectivity index (χ2v) is 5.81. The van der Waals surface area contributed by atoms with Crippen LogP contribution in [0.1, 0.15) is 45.2 Å². The molecule has 2 rings (SSSR count). The molecule has 0 bridgehead atoms. The highest BCUT2D eigenvalue weighted by Crippen LogP contribution is 2.46. The minimum atomic E-state index is -0.199. The molecule has 1 N–H and O–H groups in total. The third-order valence-electron chi connectivity index (χ3n) is 3.60. The molecule has 1 unspecified atom stereocenters. The van der Waals surface area contributed by atoms with Crippen molar-refractivity contribution in [3.8, 4) is 17.2 Å². The molecule has 1 atom stereocenters. The van der Waals surface area contributed by atoms with Crippen molar-refractivity contribution in [1.29, 1.82) is 0 Å². The van der Waals surface area contributed by atoms with E-state index in [-0.39, 0.29) is 11.6 Å². The zero-order chi connectivity index (χ0) is 14.8. The Kier molecular flexibility index (Phi) is 4.43. The van der Waals surface area contributed by atoms with Gasteiger partial charge in [-0.25, -0.2) is 0 Å². The van der Waals surface area contributed by atoms with E-state index < -0.39 is 0 Å². The van der Waals surface area contributed by atoms with Crippen LogP contribution in [0, 0.1) is 0 Å². The van der Waals surface area contributed by atoms with Gasteiger partial charge in [-0.05, 0) is 26.8 Å². The lowest BCUT2D eigenvalue weighted by Gasteiger charge is -2.38. The van der Waals surface area contributed by atoms with E-state index in [0.29, 0.717) is 0 Å². The molecule has 1 aromatic rings. The zero-order valence-electron chi connectivity index (χ0n) is 13.1. The Balaban J connectivity index is 2.45. The zero-order valence-corrected chi connectivity index (χ0v) is 13.1. The molecule has 0 amide bonds. The van der Waals surface area contributed by atoms with E-state index in [1.807, 2.05) is 12.1 Å². The molecule has 4 heteroatoms. The first-order valence-corrected chi connectivity index (χ1v) is 7.19. The van der Waals surface area contributed by atoms with Gasteiger partial charge in [-0.15, -0.1) is 0 Å². The maximum absolute atomic E-state index is 6.11. The average molecular weight is 279 g/mol. The summed E-state index contributed by atoms with van der Waals surface area (Å²) in [5.41, 5.74) is 0.900. The molecule has 1 aliphatic heterocycles. The predicted octanol–water partition coefficient (Wildman–Crippen LogP) is 3.31. The molecule has 0 aliphatic carbocycles. The van der Waals surface area contributed by atoms with Crippen molar-refractivity contribution in [2.75, 3.05) is 20.8 Å². The van der Waals surface area contributed by atoms with E-state index in [4.69, 9.17) is 14.2 Å². The summed E-state index contributed by atoms with van der Waals surface area (Å²) >= 11 is 0. The van der Waals surface area contributed by atoms with E-state index in [1.165, 1.54) is 0 Å². The highest BCUT2D eigenvalue weighted by Gasteiger charge is 2.36. The highest BCUT2D eigenvalue weighted by atomic mass is 16.5. The highest BCUT2D eigenvalue weighted by molar-refractivity contribution is 5.53. The van der Waals surface area contributed by atoms with Crippen molar-refractivity contribution in [2.45, 2.75) is 45.3 Å². The second kappa shape index (κ2) is 5.92. The summed E-state index contributed by atoms with van der Waals surface area (Å²) in [5, 5.41) is 3.59. The van der Waals surface area contributed by atoms with Crippen LogP contribution in [-0.4, -0.2) is 26.4 Å². The van der Waals surface area contributed by atoms with Crippen molar-refractivity contribution < 1.29 is 14.2 Å². The van der Waals surface area contributed by atoms with Crippen LogP contribution in [0.4, 0.5) is 0 Å². The van der Waals surface area contributed by atoms with Gasteiger partial charge in [-0.2, -0.15) is 0 Å². The SMILES string of the molecule is CCCNC1CC(C)(C)Oc2cc(OC)cc(OC)c21. The van der Waals surface area contributed by atoms with Gasteiger partial charge in [-0.1, -0.05) is 6.92 Å². The first kappa shape index (κ1) is 15.0. The molecule has 112 valence electrons. The number of benzene rings is 1. The standard InChI is InChI=1S/C16H25NO3/c1-6-7-17-12-10-16(2,3)20-14-9-11(18-4)8-13(19-5)15(12)14/h8-9,12,17H,6-7,10H2,1-5H3. The molecular weight excluding hydrogens is 254 g/mol. The number of fused-ring (bicyclic) bond motifs is 1. The van der Waals surface area contributed by atoms with E-state index in [9.17, 15) is 0 Å². The van der Waals surface area contributed by atoms with Crippen LogP contribution in [0.5, 0.6) is 17.2 Å². The second-order valence-electron chi connectivity index (χ2n) is 5.81. The lowest BCUT2D eigenvalue weighted by molar-refractivity contribution is 0.0645. The van der Waals surface area contributed by atoms with Gasteiger partial charge >= 0.3 is 0 Å². The van der Waals surface area contributed by atoms with Crippen molar-refractivity contribution >= 4 is 0 Å². The van der Waals surface area contributed by atoms with Crippen LogP contribution in [0.2, 0.25) is 0 Å². The van der Waals surface area contributed by atoms with Crippen molar-refractivity contribution in [3.63, 3.8) is 0 Å². The predicted molar refractivity (Wildman–Crippen MR) is 79.9 cm³/mol. The summed E-state index contributed by atoms with van der Waals surface area (Å²) in [4.78, 5) is 0. The van der Waals surface area contributed by atoms with Crippen LogP contribution in [-0.2, 0) is 0 Å². The molecule has 0 fully saturated rings. The molecule has 1 heterocycles. The Morgan fingerprint density at radius 1 is 1.30 bits per heavy atom. The van der Waals surface area contributed by atoms with Crippen LogP contribution < -0.4 is 19.5 Å². The summed E-state index contributed by atoms with van der Waals surface area (Å²) < 4.78 is 17.0. The largest absolute Gasteiger partial charge is 0.496 e. The normalized spacial score (nSPS) is 19.9. The Morgan fingerprint density at radius 3 is 2.65 bits per heavy atom. The molecule has 0 spiro atoms. The summed E-state index contributed by atoms with van der Waals surface area (Å²) in [6.07, 6.45) is 2.02. The van der Waals surface area contributed by atoms with E-state index in [0.717, 1.165) is 42.2 Å². The van der Waals surface area contributed by atoms with Crippen LogP contribution in [0.3, 0.4) is 0 Å². The van der Waals surface area contributed by atoms with Gasteiger partial charge in [0.2, 0.25) is 0 Å². The number of methoxy groups -OCH3 is 2. The first-order chi connectivity index (χ1) is 9.50. The van der Waals surface area contributed by atoms with Crippen LogP contribution >= 0.6 is 0 Å². The van der Waals surface area contributed by atoms with Crippen molar-refractivity contribution in [2.24, 2.45) is 0 Å². The van der Waals surface area contributed by atoms with Gasteiger partial charge in [0.1, 0.15) is 22.8 Å². The van der Waals surface area contributed by atoms with Gasteiger partial charge in [-0.3, -0.25) is 0 Å². The topological polar surface area (TPSA) is 39.7 Å². The van der Waals surface area contributed by atoms with Gasteiger partial charge in [0.05, 0.1) is 19.8 Å². The minimum absolute atomic E-state index is 0.199. The first-order valence-electron chi connectivity index (χ1n) is 7.19. The molecular formula is C16H25NO3. The maximum Gasteiger partial charge on any atom is 0.132 e. The van der Waals surface area contributed by atoms with Crippen molar-refractivity contribution in [3.05, 3.63) is 17.7 Å².